The predicted molar refractivity (Wildman–Crippen MR) is 121 cm³/mol. The van der Waals surface area contributed by atoms with E-state index in [0.29, 0.717) is 23.2 Å². The van der Waals surface area contributed by atoms with Gasteiger partial charge in [-0.1, -0.05) is 37.3 Å². The molecule has 158 valence electrons. The van der Waals surface area contributed by atoms with Gasteiger partial charge in [-0.2, -0.15) is 0 Å². The Morgan fingerprint density at radius 2 is 1.75 bits per heavy atom. The highest BCUT2D eigenvalue weighted by molar-refractivity contribution is 8.17. The zero-order valence-corrected chi connectivity index (χ0v) is 19.2. The average Bonchev–Trinajstić information content (AvgIpc) is 2.69. The lowest BCUT2D eigenvalue weighted by Crippen LogP contribution is -2.50. The smallest absolute Gasteiger partial charge is 0.163 e. The first-order valence-electron chi connectivity index (χ1n) is 10.7. The molecule has 5 heteroatoms. The van der Waals surface area contributed by atoms with Crippen LogP contribution in [0.4, 0.5) is 0 Å². The van der Waals surface area contributed by atoms with Gasteiger partial charge in [0.05, 0.1) is 23.4 Å². The lowest BCUT2D eigenvalue weighted by Gasteiger charge is -2.46. The fourth-order valence-corrected chi connectivity index (χ4v) is 6.92. The number of ether oxygens (including phenoxy) is 3. The Balaban J connectivity index is 1.39. The summed E-state index contributed by atoms with van der Waals surface area (Å²) in [7, 11) is 0. The normalized spacial score (nSPS) is 28.3. The van der Waals surface area contributed by atoms with Crippen LogP contribution in [0.25, 0.3) is 0 Å². The van der Waals surface area contributed by atoms with Crippen molar-refractivity contribution < 1.29 is 14.2 Å². The summed E-state index contributed by atoms with van der Waals surface area (Å²) in [4.78, 5) is 0. The maximum Gasteiger partial charge on any atom is 0.163 e. The van der Waals surface area contributed by atoms with Gasteiger partial charge in [0.15, 0.2) is 5.79 Å². The number of unbranched alkanes of at least 4 members (excludes halogenated alkanes) is 1. The predicted octanol–water partition coefficient (Wildman–Crippen LogP) is 6.12. The zero-order chi connectivity index (χ0) is 19.8. The summed E-state index contributed by atoms with van der Waals surface area (Å²) < 4.78 is 19.2. The molecule has 1 aromatic rings. The topological polar surface area (TPSA) is 27.7 Å². The molecule has 28 heavy (non-hydrogen) atoms. The van der Waals surface area contributed by atoms with Gasteiger partial charge < -0.3 is 14.2 Å². The Kier molecular flexibility index (Phi) is 9.04. The second-order valence-corrected chi connectivity index (χ2v) is 11.3. The number of thioether (sulfide) groups is 2. The molecular weight excluding hydrogens is 388 g/mol. The van der Waals surface area contributed by atoms with Crippen LogP contribution in [-0.2, 0) is 20.8 Å². The molecule has 0 amide bonds. The van der Waals surface area contributed by atoms with Crippen molar-refractivity contribution in [1.82, 2.24) is 0 Å². The van der Waals surface area contributed by atoms with Gasteiger partial charge in [0.2, 0.25) is 0 Å². The van der Waals surface area contributed by atoms with Crippen LogP contribution in [0.1, 0.15) is 58.4 Å². The largest absolute Gasteiger partial charge is 0.377 e. The molecule has 0 saturated carbocycles. The van der Waals surface area contributed by atoms with E-state index in [1.165, 1.54) is 23.5 Å². The van der Waals surface area contributed by atoms with E-state index < -0.39 is 5.79 Å². The van der Waals surface area contributed by atoms with E-state index in [4.69, 9.17) is 14.2 Å². The van der Waals surface area contributed by atoms with Crippen molar-refractivity contribution in [2.24, 2.45) is 5.92 Å². The summed E-state index contributed by atoms with van der Waals surface area (Å²) in [5.74, 6) is 2.56. The van der Waals surface area contributed by atoms with E-state index in [1.807, 2.05) is 6.07 Å². The Bertz CT molecular complexity index is 560. The molecule has 2 saturated heterocycles. The van der Waals surface area contributed by atoms with Crippen LogP contribution in [0.15, 0.2) is 30.3 Å². The first kappa shape index (κ1) is 22.5. The highest BCUT2D eigenvalue weighted by Gasteiger charge is 2.41. The number of hydrogen-bond acceptors (Lipinski definition) is 5. The van der Waals surface area contributed by atoms with Gasteiger partial charge in [-0.25, -0.2) is 0 Å². The van der Waals surface area contributed by atoms with Crippen molar-refractivity contribution in [1.29, 1.82) is 0 Å². The lowest BCUT2D eigenvalue weighted by atomic mass is 9.90. The number of hydrogen-bond donors (Lipinski definition) is 0. The Labute approximate surface area is 179 Å². The Morgan fingerprint density at radius 3 is 2.50 bits per heavy atom. The first-order valence-corrected chi connectivity index (χ1v) is 12.8. The molecule has 3 atom stereocenters. The minimum Gasteiger partial charge on any atom is -0.377 e. The quantitative estimate of drug-likeness (QED) is 0.446. The second-order valence-electron chi connectivity index (χ2n) is 8.37. The molecule has 2 aliphatic rings. The molecule has 2 heterocycles. The molecule has 3 nitrogen and oxygen atoms in total. The standard InChI is InChI=1S/C23H36O3S2/c1-18-20(12-7-8-13-24-17-19-10-5-4-6-11-19)25-23(2,3)26-21(18)16-22-27-14-9-15-28-22/h4-6,10-11,18,20-22H,7-9,12-17H2,1-3H3/t18-,20+,21-/m0/s1. The van der Waals surface area contributed by atoms with Gasteiger partial charge in [0, 0.05) is 12.5 Å². The maximum atomic E-state index is 6.34. The molecule has 0 radical (unpaired) electrons. The first-order chi connectivity index (χ1) is 13.5. The third kappa shape index (κ3) is 7.24. The lowest BCUT2D eigenvalue weighted by molar-refractivity contribution is -0.320. The van der Waals surface area contributed by atoms with Crippen LogP contribution in [0.3, 0.4) is 0 Å². The molecule has 0 aromatic heterocycles. The molecule has 0 spiro atoms. The van der Waals surface area contributed by atoms with Gasteiger partial charge >= 0.3 is 0 Å². The monoisotopic (exact) mass is 424 g/mol. The van der Waals surface area contributed by atoms with Crippen LogP contribution < -0.4 is 0 Å². The van der Waals surface area contributed by atoms with E-state index in [1.54, 1.807) is 0 Å². The van der Waals surface area contributed by atoms with Gasteiger partial charge in [-0.3, -0.25) is 0 Å². The highest BCUT2D eigenvalue weighted by Crippen LogP contribution is 2.40. The molecule has 0 unspecified atom stereocenters. The average molecular weight is 425 g/mol. The summed E-state index contributed by atoms with van der Waals surface area (Å²) in [5.41, 5.74) is 1.24. The van der Waals surface area contributed by atoms with Gasteiger partial charge in [0.25, 0.3) is 0 Å². The van der Waals surface area contributed by atoms with Crippen LogP contribution in [0.5, 0.6) is 0 Å². The fourth-order valence-electron chi connectivity index (χ4n) is 3.97. The van der Waals surface area contributed by atoms with Crippen molar-refractivity contribution in [2.45, 2.75) is 82.1 Å². The molecule has 2 fully saturated rings. The summed E-state index contributed by atoms with van der Waals surface area (Å²) >= 11 is 4.22. The van der Waals surface area contributed by atoms with Gasteiger partial charge in [-0.15, -0.1) is 23.5 Å². The molecule has 3 rings (SSSR count). The minimum absolute atomic E-state index is 0.279. The fraction of sp³-hybridized carbons (Fsp3) is 0.739. The zero-order valence-electron chi connectivity index (χ0n) is 17.6. The molecule has 1 aromatic carbocycles. The number of benzene rings is 1. The SMILES string of the molecule is C[C@@H]1[C@H](CC2SCCCS2)OC(C)(C)O[C@@H]1CCCCOCc1ccccc1. The van der Waals surface area contributed by atoms with Crippen LogP contribution in [-0.4, -0.2) is 40.7 Å². The summed E-state index contributed by atoms with van der Waals surface area (Å²) in [5, 5.41) is 0. The van der Waals surface area contributed by atoms with Crippen molar-refractivity contribution in [3.05, 3.63) is 35.9 Å². The molecule has 2 aliphatic heterocycles. The van der Waals surface area contributed by atoms with E-state index in [9.17, 15) is 0 Å². The highest BCUT2D eigenvalue weighted by atomic mass is 32.2. The van der Waals surface area contributed by atoms with Crippen molar-refractivity contribution in [2.75, 3.05) is 18.1 Å². The van der Waals surface area contributed by atoms with Crippen molar-refractivity contribution in [3.8, 4) is 0 Å². The number of rotatable bonds is 9. The van der Waals surface area contributed by atoms with Crippen molar-refractivity contribution in [3.63, 3.8) is 0 Å². The summed E-state index contributed by atoms with van der Waals surface area (Å²) in [6, 6.07) is 10.4. The van der Waals surface area contributed by atoms with Gasteiger partial charge in [-0.05, 0) is 63.0 Å². The van der Waals surface area contributed by atoms with Crippen molar-refractivity contribution >= 4 is 23.5 Å². The molecule has 0 bridgehead atoms. The minimum atomic E-state index is -0.477. The molecule has 0 N–H and O–H groups in total. The summed E-state index contributed by atoms with van der Waals surface area (Å²) in [6.45, 7) is 7.98. The molecule has 0 aliphatic carbocycles. The Hall–Kier alpha value is -0.200. The Morgan fingerprint density at radius 1 is 1.04 bits per heavy atom. The van der Waals surface area contributed by atoms with E-state index >= 15 is 0 Å². The van der Waals surface area contributed by atoms with Gasteiger partial charge in [0.1, 0.15) is 0 Å². The van der Waals surface area contributed by atoms with Crippen LogP contribution in [0, 0.1) is 5.92 Å². The second kappa shape index (κ2) is 11.3. The van der Waals surface area contributed by atoms with Crippen LogP contribution in [0.2, 0.25) is 0 Å². The maximum absolute atomic E-state index is 6.34. The van der Waals surface area contributed by atoms with E-state index in [0.717, 1.165) is 32.3 Å². The summed E-state index contributed by atoms with van der Waals surface area (Å²) in [6.07, 6.45) is 6.37. The van der Waals surface area contributed by atoms with E-state index in [-0.39, 0.29) is 6.10 Å². The third-order valence-electron chi connectivity index (χ3n) is 5.50. The van der Waals surface area contributed by atoms with E-state index in [2.05, 4.69) is 68.6 Å². The third-order valence-corrected chi connectivity index (χ3v) is 8.50. The molecular formula is C23H36O3S2. The van der Waals surface area contributed by atoms with Crippen LogP contribution >= 0.6 is 23.5 Å².